The number of amides is 1. The van der Waals surface area contributed by atoms with Gasteiger partial charge in [0, 0.05) is 31.3 Å². The molecule has 0 bridgehead atoms. The number of imidazole rings is 1. The monoisotopic (exact) mass is 459 g/mol. The van der Waals surface area contributed by atoms with Crippen LogP contribution in [0.15, 0.2) is 54.7 Å². The summed E-state index contributed by atoms with van der Waals surface area (Å²) in [6.07, 6.45) is 2.64. The smallest absolute Gasteiger partial charge is 0.224 e. The molecule has 2 aromatic heterocycles. The van der Waals surface area contributed by atoms with E-state index >= 15 is 0 Å². The van der Waals surface area contributed by atoms with Crippen molar-refractivity contribution in [2.75, 3.05) is 39.5 Å². The Labute approximate surface area is 198 Å². The van der Waals surface area contributed by atoms with Crippen molar-refractivity contribution in [3.05, 3.63) is 66.1 Å². The van der Waals surface area contributed by atoms with Crippen LogP contribution in [0.4, 0.5) is 5.95 Å². The first kappa shape index (κ1) is 23.2. The highest BCUT2D eigenvalue weighted by atomic mass is 16.5. The van der Waals surface area contributed by atoms with Gasteiger partial charge >= 0.3 is 0 Å². The minimum absolute atomic E-state index is 0.0201. The maximum atomic E-state index is 12.0. The van der Waals surface area contributed by atoms with E-state index in [-0.39, 0.29) is 11.9 Å². The summed E-state index contributed by atoms with van der Waals surface area (Å²) in [6, 6.07) is 15.4. The highest BCUT2D eigenvalue weighted by Gasteiger charge is 2.08. The normalized spacial score (nSPS) is 11.1. The molecule has 0 aliphatic carbocycles. The number of benzene rings is 2. The van der Waals surface area contributed by atoms with Crippen LogP contribution >= 0.6 is 0 Å². The van der Waals surface area contributed by atoms with Gasteiger partial charge < -0.3 is 25.7 Å². The fourth-order valence-electron chi connectivity index (χ4n) is 3.51. The standard InChI is InChI=1S/C25H29N7O2/c1-32(2)13-12-27-24(33)15-17-3-6-19(7-4-17)34-14-10-23-29-21-8-5-18(16-22(21)30-23)20-9-11-28-25(26)31-20/h3-9,11,16H,10,12-15H2,1-2H3,(H,27,33)(H,29,30)(H2,26,28,31). The lowest BCUT2D eigenvalue weighted by Crippen LogP contribution is -2.32. The Bertz CT molecular complexity index is 1250. The fourth-order valence-corrected chi connectivity index (χ4v) is 3.51. The molecule has 0 spiro atoms. The number of fused-ring (bicyclic) bond motifs is 1. The summed E-state index contributed by atoms with van der Waals surface area (Å²) in [5.74, 6) is 1.87. The number of nitrogens with two attached hydrogens (primary N) is 1. The van der Waals surface area contributed by atoms with Gasteiger partial charge in [-0.15, -0.1) is 0 Å². The second-order valence-electron chi connectivity index (χ2n) is 8.29. The van der Waals surface area contributed by atoms with Gasteiger partial charge in [0.05, 0.1) is 29.8 Å². The highest BCUT2D eigenvalue weighted by Crippen LogP contribution is 2.22. The number of nitrogens with zero attached hydrogens (tertiary/aromatic N) is 4. The van der Waals surface area contributed by atoms with Gasteiger partial charge in [-0.25, -0.2) is 15.0 Å². The van der Waals surface area contributed by atoms with E-state index in [1.807, 2.05) is 67.5 Å². The quantitative estimate of drug-likeness (QED) is 0.333. The van der Waals surface area contributed by atoms with Gasteiger partial charge in [-0.3, -0.25) is 4.79 Å². The van der Waals surface area contributed by atoms with E-state index in [1.165, 1.54) is 0 Å². The Morgan fingerprint density at radius 2 is 1.94 bits per heavy atom. The summed E-state index contributed by atoms with van der Waals surface area (Å²) in [4.78, 5) is 30.2. The zero-order valence-corrected chi connectivity index (χ0v) is 19.4. The summed E-state index contributed by atoms with van der Waals surface area (Å²) in [6.45, 7) is 1.95. The van der Waals surface area contributed by atoms with E-state index in [9.17, 15) is 4.79 Å². The maximum Gasteiger partial charge on any atom is 0.224 e. The van der Waals surface area contributed by atoms with Crippen molar-refractivity contribution in [1.29, 1.82) is 0 Å². The van der Waals surface area contributed by atoms with Crippen LogP contribution in [0.1, 0.15) is 11.4 Å². The molecular formula is C25H29N7O2. The van der Waals surface area contributed by atoms with Crippen LogP contribution in [0.25, 0.3) is 22.3 Å². The molecule has 2 heterocycles. The van der Waals surface area contributed by atoms with Gasteiger partial charge in [-0.1, -0.05) is 18.2 Å². The number of likely N-dealkylation sites (N-methyl/N-ethyl adjacent to an activating group) is 1. The van der Waals surface area contributed by atoms with Gasteiger partial charge in [0.1, 0.15) is 11.6 Å². The zero-order valence-electron chi connectivity index (χ0n) is 19.4. The molecule has 4 rings (SSSR count). The molecule has 0 atom stereocenters. The van der Waals surface area contributed by atoms with Crippen molar-refractivity contribution in [2.45, 2.75) is 12.8 Å². The number of carbonyl (C=O) groups is 1. The second kappa shape index (κ2) is 10.8. The van der Waals surface area contributed by atoms with Crippen LogP contribution in [0, 0.1) is 0 Å². The molecule has 9 nitrogen and oxygen atoms in total. The minimum atomic E-state index is 0.0201. The van der Waals surface area contributed by atoms with E-state index < -0.39 is 0 Å². The number of ether oxygens (including phenoxy) is 1. The molecular weight excluding hydrogens is 430 g/mol. The van der Waals surface area contributed by atoms with Gasteiger partial charge in [0.25, 0.3) is 0 Å². The first-order chi connectivity index (χ1) is 16.5. The van der Waals surface area contributed by atoms with Gasteiger partial charge in [-0.05, 0) is 50.0 Å². The molecule has 0 aliphatic heterocycles. The van der Waals surface area contributed by atoms with Gasteiger partial charge in [0.2, 0.25) is 11.9 Å². The highest BCUT2D eigenvalue weighted by molar-refractivity contribution is 5.81. The molecule has 9 heteroatoms. The van der Waals surface area contributed by atoms with Crippen LogP contribution in [0.2, 0.25) is 0 Å². The molecule has 4 aromatic rings. The number of nitrogens with one attached hydrogen (secondary N) is 2. The second-order valence-corrected chi connectivity index (χ2v) is 8.29. The Morgan fingerprint density at radius 1 is 1.12 bits per heavy atom. The van der Waals surface area contributed by atoms with Crippen molar-refractivity contribution in [2.24, 2.45) is 0 Å². The summed E-state index contributed by atoms with van der Waals surface area (Å²) in [7, 11) is 3.96. The lowest BCUT2D eigenvalue weighted by atomic mass is 10.1. The maximum absolute atomic E-state index is 12.0. The third-order valence-corrected chi connectivity index (χ3v) is 5.28. The summed E-state index contributed by atoms with van der Waals surface area (Å²) in [5, 5.41) is 2.92. The van der Waals surface area contributed by atoms with Gasteiger partial charge in [0.15, 0.2) is 0 Å². The topological polar surface area (TPSA) is 122 Å². The van der Waals surface area contributed by atoms with Crippen molar-refractivity contribution in [3.63, 3.8) is 0 Å². The Hall–Kier alpha value is -3.98. The summed E-state index contributed by atoms with van der Waals surface area (Å²) < 4.78 is 5.87. The molecule has 1 amide bonds. The Balaban J connectivity index is 1.28. The lowest BCUT2D eigenvalue weighted by Gasteiger charge is -2.10. The number of H-pyrrole nitrogens is 1. The number of hydrogen-bond acceptors (Lipinski definition) is 7. The van der Waals surface area contributed by atoms with Crippen molar-refractivity contribution >= 4 is 22.9 Å². The molecule has 0 unspecified atom stereocenters. The van der Waals surface area contributed by atoms with E-state index in [1.54, 1.807) is 6.20 Å². The van der Waals surface area contributed by atoms with Crippen molar-refractivity contribution < 1.29 is 9.53 Å². The molecule has 2 aromatic carbocycles. The number of rotatable bonds is 10. The van der Waals surface area contributed by atoms with Crippen LogP contribution < -0.4 is 15.8 Å². The van der Waals surface area contributed by atoms with Gasteiger partial charge in [-0.2, -0.15) is 0 Å². The minimum Gasteiger partial charge on any atom is -0.493 e. The third kappa shape index (κ3) is 6.29. The third-order valence-electron chi connectivity index (χ3n) is 5.28. The van der Waals surface area contributed by atoms with Crippen LogP contribution in [0.5, 0.6) is 5.75 Å². The first-order valence-corrected chi connectivity index (χ1v) is 11.2. The van der Waals surface area contributed by atoms with Crippen LogP contribution in [-0.2, 0) is 17.6 Å². The molecule has 0 radical (unpaired) electrons. The predicted molar refractivity (Wildman–Crippen MR) is 132 cm³/mol. The summed E-state index contributed by atoms with van der Waals surface area (Å²) in [5.41, 5.74) is 10.2. The lowest BCUT2D eigenvalue weighted by molar-refractivity contribution is -0.120. The van der Waals surface area contributed by atoms with Crippen molar-refractivity contribution in [1.82, 2.24) is 30.2 Å². The van der Waals surface area contributed by atoms with E-state index in [0.29, 0.717) is 26.0 Å². The molecule has 34 heavy (non-hydrogen) atoms. The summed E-state index contributed by atoms with van der Waals surface area (Å²) >= 11 is 0. The Kier molecular flexibility index (Phi) is 7.34. The number of aromatic amines is 1. The molecule has 0 aliphatic rings. The first-order valence-electron chi connectivity index (χ1n) is 11.2. The number of carbonyl (C=O) groups excluding carboxylic acids is 1. The molecule has 176 valence electrons. The molecule has 0 fully saturated rings. The number of aromatic nitrogens is 4. The number of nitrogen functional groups attached to an aromatic ring is 1. The fraction of sp³-hybridized carbons (Fsp3) is 0.280. The average Bonchev–Trinajstić information content (AvgIpc) is 3.22. The molecule has 0 saturated carbocycles. The largest absolute Gasteiger partial charge is 0.493 e. The van der Waals surface area contributed by atoms with Crippen molar-refractivity contribution in [3.8, 4) is 17.0 Å². The average molecular weight is 460 g/mol. The Morgan fingerprint density at radius 3 is 2.71 bits per heavy atom. The molecule has 4 N–H and O–H groups in total. The zero-order chi connectivity index (χ0) is 23.9. The van der Waals surface area contributed by atoms with Crippen LogP contribution in [0.3, 0.4) is 0 Å². The van der Waals surface area contributed by atoms with Crippen LogP contribution in [-0.4, -0.2) is 64.5 Å². The SMILES string of the molecule is CN(C)CCNC(=O)Cc1ccc(OCCc2nc3ccc(-c4ccnc(N)n4)cc3[nH]2)cc1. The van der Waals surface area contributed by atoms with E-state index in [0.717, 1.165) is 46.0 Å². The van der Waals surface area contributed by atoms with E-state index in [2.05, 4.69) is 25.3 Å². The number of hydrogen-bond donors (Lipinski definition) is 3. The number of anilines is 1. The van der Waals surface area contributed by atoms with E-state index in [4.69, 9.17) is 10.5 Å². The molecule has 0 saturated heterocycles. The predicted octanol–water partition coefficient (Wildman–Crippen LogP) is 2.44.